The minimum absolute atomic E-state index is 0.382. The van der Waals surface area contributed by atoms with E-state index in [9.17, 15) is 14.4 Å². The second-order valence-corrected chi connectivity index (χ2v) is 10.6. The zero-order valence-corrected chi connectivity index (χ0v) is 26.9. The largest absolute Gasteiger partial charge is 0.494 e. The first-order valence-corrected chi connectivity index (χ1v) is 15.9. The van der Waals surface area contributed by atoms with E-state index in [0.717, 1.165) is 68.8 Å². The Hall–Kier alpha value is -5.05. The standard InChI is InChI=1S/C38H44O9/c1-3-36(39)44-27-11-7-5-9-25-42-32-17-13-30(14-18-32)29-46-34-21-23-35(24-22-34)47-38(41)31-15-19-33(20-16-31)43-26-10-6-8-12-28-45-37(40)4-2/h3-4,13-24H,1-2,5-12,25-29H2. The van der Waals surface area contributed by atoms with Crippen LogP contribution in [0.3, 0.4) is 0 Å². The highest BCUT2D eigenvalue weighted by Crippen LogP contribution is 2.21. The van der Waals surface area contributed by atoms with E-state index in [1.54, 1.807) is 48.5 Å². The van der Waals surface area contributed by atoms with Crippen LogP contribution in [0.25, 0.3) is 0 Å². The van der Waals surface area contributed by atoms with Gasteiger partial charge in [-0.2, -0.15) is 0 Å². The van der Waals surface area contributed by atoms with Crippen molar-refractivity contribution in [2.75, 3.05) is 26.4 Å². The maximum absolute atomic E-state index is 12.6. The van der Waals surface area contributed by atoms with Crippen molar-refractivity contribution in [3.05, 3.63) is 109 Å². The summed E-state index contributed by atoms with van der Waals surface area (Å²) in [6, 6.07) is 21.5. The van der Waals surface area contributed by atoms with Crippen molar-refractivity contribution < 1.29 is 42.8 Å². The number of carbonyl (C=O) groups excluding carboxylic acids is 3. The van der Waals surface area contributed by atoms with Crippen molar-refractivity contribution in [1.29, 1.82) is 0 Å². The van der Waals surface area contributed by atoms with E-state index in [1.807, 2.05) is 24.3 Å². The van der Waals surface area contributed by atoms with Gasteiger partial charge in [-0.1, -0.05) is 25.3 Å². The molecule has 3 aromatic carbocycles. The van der Waals surface area contributed by atoms with E-state index in [4.69, 9.17) is 28.4 Å². The van der Waals surface area contributed by atoms with E-state index < -0.39 is 11.9 Å². The van der Waals surface area contributed by atoms with Gasteiger partial charge in [-0.15, -0.1) is 0 Å². The molecule has 0 aliphatic rings. The topological polar surface area (TPSA) is 107 Å². The number of carbonyl (C=O) groups is 3. The maximum atomic E-state index is 12.6. The summed E-state index contributed by atoms with van der Waals surface area (Å²) < 4.78 is 32.9. The van der Waals surface area contributed by atoms with Crippen molar-refractivity contribution in [2.45, 2.75) is 58.0 Å². The van der Waals surface area contributed by atoms with Gasteiger partial charge in [0, 0.05) is 12.2 Å². The third-order valence-corrected chi connectivity index (χ3v) is 6.89. The van der Waals surface area contributed by atoms with Crippen molar-refractivity contribution in [3.63, 3.8) is 0 Å². The lowest BCUT2D eigenvalue weighted by atomic mass is 10.2. The molecule has 0 heterocycles. The average molecular weight is 645 g/mol. The van der Waals surface area contributed by atoms with Gasteiger partial charge in [0.1, 0.15) is 29.6 Å². The number of benzene rings is 3. The number of hydrogen-bond donors (Lipinski definition) is 0. The Balaban J connectivity index is 1.28. The molecule has 9 nitrogen and oxygen atoms in total. The molecule has 0 amide bonds. The summed E-state index contributed by atoms with van der Waals surface area (Å²) in [5.74, 6) is 1.31. The predicted molar refractivity (Wildman–Crippen MR) is 179 cm³/mol. The summed E-state index contributed by atoms with van der Waals surface area (Å²) >= 11 is 0. The fourth-order valence-electron chi connectivity index (χ4n) is 4.26. The molecule has 9 heteroatoms. The average Bonchev–Trinajstić information content (AvgIpc) is 3.10. The van der Waals surface area contributed by atoms with E-state index in [1.165, 1.54) is 6.08 Å². The molecule has 0 aliphatic carbocycles. The number of rotatable bonds is 23. The van der Waals surface area contributed by atoms with Crippen LogP contribution in [0.1, 0.15) is 67.3 Å². The Morgan fingerprint density at radius 3 is 1.38 bits per heavy atom. The number of unbranched alkanes of at least 4 members (excludes halogenated alkanes) is 6. The molecule has 0 atom stereocenters. The summed E-state index contributed by atoms with van der Waals surface area (Å²) in [4.78, 5) is 34.6. The smallest absolute Gasteiger partial charge is 0.343 e. The lowest BCUT2D eigenvalue weighted by molar-refractivity contribution is -0.138. The fourth-order valence-corrected chi connectivity index (χ4v) is 4.26. The molecule has 0 saturated heterocycles. The monoisotopic (exact) mass is 644 g/mol. The molecule has 0 fully saturated rings. The van der Waals surface area contributed by atoms with Crippen molar-refractivity contribution in [2.24, 2.45) is 0 Å². The third kappa shape index (κ3) is 15.2. The van der Waals surface area contributed by atoms with Gasteiger partial charge in [0.2, 0.25) is 0 Å². The van der Waals surface area contributed by atoms with E-state index in [0.29, 0.717) is 55.8 Å². The van der Waals surface area contributed by atoms with E-state index >= 15 is 0 Å². The normalized spacial score (nSPS) is 10.4. The summed E-state index contributed by atoms with van der Waals surface area (Å²) in [6.07, 6.45) is 9.66. The van der Waals surface area contributed by atoms with Crippen LogP contribution in [0.4, 0.5) is 0 Å². The lowest BCUT2D eigenvalue weighted by Gasteiger charge is -2.10. The molecule has 3 rings (SSSR count). The number of esters is 3. The van der Waals surface area contributed by atoms with Crippen LogP contribution in [-0.4, -0.2) is 44.3 Å². The van der Waals surface area contributed by atoms with Gasteiger partial charge in [-0.05, 0) is 118 Å². The molecule has 47 heavy (non-hydrogen) atoms. The predicted octanol–water partition coefficient (Wildman–Crippen LogP) is 7.82. The van der Waals surface area contributed by atoms with Gasteiger partial charge in [0.05, 0.1) is 32.0 Å². The molecule has 0 radical (unpaired) electrons. The fraction of sp³-hybridized carbons (Fsp3) is 0.342. The minimum atomic E-state index is -0.462. The van der Waals surface area contributed by atoms with Crippen LogP contribution < -0.4 is 18.9 Å². The van der Waals surface area contributed by atoms with Gasteiger partial charge in [0.15, 0.2) is 0 Å². The van der Waals surface area contributed by atoms with Crippen LogP contribution in [0.2, 0.25) is 0 Å². The Kier molecular flexibility index (Phi) is 16.8. The molecule has 250 valence electrons. The van der Waals surface area contributed by atoms with Gasteiger partial charge < -0.3 is 28.4 Å². The minimum Gasteiger partial charge on any atom is -0.494 e. The van der Waals surface area contributed by atoms with Crippen LogP contribution in [0.15, 0.2) is 98.1 Å². The third-order valence-electron chi connectivity index (χ3n) is 6.89. The van der Waals surface area contributed by atoms with Crippen LogP contribution in [-0.2, 0) is 25.7 Å². The first kappa shape index (κ1) is 36.4. The molecule has 0 N–H and O–H groups in total. The zero-order valence-electron chi connectivity index (χ0n) is 26.9. The highest BCUT2D eigenvalue weighted by molar-refractivity contribution is 5.91. The van der Waals surface area contributed by atoms with Crippen molar-refractivity contribution in [1.82, 2.24) is 0 Å². The Morgan fingerprint density at radius 1 is 0.489 bits per heavy atom. The molecular formula is C38H44O9. The van der Waals surface area contributed by atoms with Gasteiger partial charge in [-0.3, -0.25) is 0 Å². The van der Waals surface area contributed by atoms with Crippen molar-refractivity contribution in [3.8, 4) is 23.0 Å². The SMILES string of the molecule is C=CC(=O)OCCCCCCOc1ccc(COc2ccc(OC(=O)c3ccc(OCCCCCCOC(=O)C=C)cc3)cc2)cc1. The van der Waals surface area contributed by atoms with Crippen LogP contribution in [0, 0.1) is 0 Å². The van der Waals surface area contributed by atoms with Crippen molar-refractivity contribution >= 4 is 17.9 Å². The molecule has 0 unspecified atom stereocenters. The summed E-state index contributed by atoms with van der Waals surface area (Å²) in [6.45, 7) is 9.13. The summed E-state index contributed by atoms with van der Waals surface area (Å²) in [5.41, 5.74) is 1.42. The Bertz CT molecular complexity index is 1380. The first-order chi connectivity index (χ1) is 23.0. The second-order valence-electron chi connectivity index (χ2n) is 10.6. The van der Waals surface area contributed by atoms with Gasteiger partial charge >= 0.3 is 17.9 Å². The number of hydrogen-bond acceptors (Lipinski definition) is 9. The highest BCUT2D eigenvalue weighted by Gasteiger charge is 2.09. The lowest BCUT2D eigenvalue weighted by Crippen LogP contribution is -2.08. The second kappa shape index (κ2) is 21.6. The maximum Gasteiger partial charge on any atom is 0.343 e. The zero-order chi connectivity index (χ0) is 33.5. The van der Waals surface area contributed by atoms with E-state index in [-0.39, 0.29) is 5.97 Å². The van der Waals surface area contributed by atoms with Gasteiger partial charge in [-0.25, -0.2) is 14.4 Å². The Labute approximate surface area is 277 Å². The molecule has 0 bridgehead atoms. The molecule has 3 aromatic rings. The first-order valence-electron chi connectivity index (χ1n) is 15.9. The summed E-state index contributed by atoms with van der Waals surface area (Å²) in [5, 5.41) is 0. The molecule has 0 aliphatic heterocycles. The molecule has 0 spiro atoms. The summed E-state index contributed by atoms with van der Waals surface area (Å²) in [7, 11) is 0. The van der Waals surface area contributed by atoms with E-state index in [2.05, 4.69) is 13.2 Å². The quantitative estimate of drug-likeness (QED) is 0.0442. The molecule has 0 aromatic heterocycles. The number of ether oxygens (including phenoxy) is 6. The van der Waals surface area contributed by atoms with Gasteiger partial charge in [0.25, 0.3) is 0 Å². The van der Waals surface area contributed by atoms with Crippen LogP contribution >= 0.6 is 0 Å². The van der Waals surface area contributed by atoms with Crippen LogP contribution in [0.5, 0.6) is 23.0 Å². The molecule has 0 saturated carbocycles. The molecular weight excluding hydrogens is 600 g/mol. The highest BCUT2D eigenvalue weighted by atomic mass is 16.5. The Morgan fingerprint density at radius 2 is 0.894 bits per heavy atom.